The summed E-state index contributed by atoms with van der Waals surface area (Å²) in [6, 6.07) is 8.19. The van der Waals surface area contributed by atoms with Crippen molar-refractivity contribution in [1.29, 1.82) is 0 Å². The van der Waals surface area contributed by atoms with Gasteiger partial charge in [0, 0.05) is 0 Å². The van der Waals surface area contributed by atoms with Gasteiger partial charge >= 0.3 is 0 Å². The van der Waals surface area contributed by atoms with Gasteiger partial charge in [-0.1, -0.05) is 50.6 Å². The van der Waals surface area contributed by atoms with E-state index in [1.54, 1.807) is 0 Å². The third kappa shape index (κ3) is 3.73. The topological polar surface area (TPSA) is 43.1 Å². The van der Waals surface area contributed by atoms with Crippen molar-refractivity contribution in [2.75, 3.05) is 0 Å². The summed E-state index contributed by atoms with van der Waals surface area (Å²) in [7, 11) is 0. The maximum atomic E-state index is 11.1. The van der Waals surface area contributed by atoms with Crippen molar-refractivity contribution in [3.8, 4) is 0 Å². The lowest BCUT2D eigenvalue weighted by atomic mass is 9.95. The fraction of sp³-hybridized carbons (Fsp3) is 0.438. The molecule has 1 atom stereocenters. The van der Waals surface area contributed by atoms with Crippen LogP contribution in [0.1, 0.15) is 57.1 Å². The first kappa shape index (κ1) is 14.5. The molecule has 2 heteroatoms. The third-order valence-corrected chi connectivity index (χ3v) is 3.18. The van der Waals surface area contributed by atoms with E-state index in [1.807, 2.05) is 19.1 Å². The molecule has 2 nitrogen and oxygen atoms in total. The molecule has 0 aliphatic heterocycles. The predicted molar refractivity (Wildman–Crippen MR) is 77.2 cm³/mol. The lowest BCUT2D eigenvalue weighted by Gasteiger charge is -2.10. The van der Waals surface area contributed by atoms with Crippen LogP contribution in [0.4, 0.5) is 0 Å². The van der Waals surface area contributed by atoms with Crippen LogP contribution in [0.25, 0.3) is 5.57 Å². The quantitative estimate of drug-likeness (QED) is 0.812. The first-order valence-corrected chi connectivity index (χ1v) is 6.68. The highest BCUT2D eigenvalue weighted by molar-refractivity contribution is 5.81. The van der Waals surface area contributed by atoms with Crippen molar-refractivity contribution in [2.45, 2.75) is 46.0 Å². The standard InChI is InChI=1S/C16H23NO/c1-4-6-14(7-5-2)15-10-8-13(9-11-15)12(3)16(17)18/h6,8-12H,4-5,7H2,1-3H3,(H2,17,18)/b14-6+/t12-/m0/s1. The minimum Gasteiger partial charge on any atom is -0.369 e. The molecule has 1 aromatic carbocycles. The van der Waals surface area contributed by atoms with E-state index < -0.39 is 0 Å². The van der Waals surface area contributed by atoms with Gasteiger partial charge in [0.15, 0.2) is 0 Å². The Labute approximate surface area is 110 Å². The zero-order valence-electron chi connectivity index (χ0n) is 11.6. The van der Waals surface area contributed by atoms with Gasteiger partial charge in [-0.2, -0.15) is 0 Å². The van der Waals surface area contributed by atoms with Gasteiger partial charge in [-0.25, -0.2) is 0 Å². The number of carbonyl (C=O) groups is 1. The fourth-order valence-electron chi connectivity index (χ4n) is 2.03. The molecule has 2 N–H and O–H groups in total. The lowest BCUT2D eigenvalue weighted by Crippen LogP contribution is -2.18. The second kappa shape index (κ2) is 7.00. The Bertz CT molecular complexity index is 417. The molecule has 0 bridgehead atoms. The Morgan fingerprint density at radius 1 is 1.28 bits per heavy atom. The first-order chi connectivity index (χ1) is 8.60. The molecule has 1 amide bonds. The largest absolute Gasteiger partial charge is 0.369 e. The number of hydrogen-bond donors (Lipinski definition) is 1. The molecule has 0 unspecified atom stereocenters. The summed E-state index contributed by atoms with van der Waals surface area (Å²) in [4.78, 5) is 11.1. The molecule has 0 spiro atoms. The second-order valence-electron chi connectivity index (χ2n) is 4.63. The summed E-state index contributed by atoms with van der Waals surface area (Å²) in [6.07, 6.45) is 5.56. The minimum atomic E-state index is -0.277. The minimum absolute atomic E-state index is 0.219. The third-order valence-electron chi connectivity index (χ3n) is 3.18. The smallest absolute Gasteiger partial charge is 0.224 e. The van der Waals surface area contributed by atoms with Crippen LogP contribution in [-0.4, -0.2) is 5.91 Å². The van der Waals surface area contributed by atoms with Gasteiger partial charge in [-0.3, -0.25) is 4.79 Å². The summed E-state index contributed by atoms with van der Waals surface area (Å²) in [5, 5.41) is 0. The number of primary amides is 1. The van der Waals surface area contributed by atoms with Crippen LogP contribution >= 0.6 is 0 Å². The van der Waals surface area contributed by atoms with Crippen LogP contribution in [0.3, 0.4) is 0 Å². The van der Waals surface area contributed by atoms with E-state index >= 15 is 0 Å². The maximum Gasteiger partial charge on any atom is 0.224 e. The molecule has 0 saturated heterocycles. The van der Waals surface area contributed by atoms with Gasteiger partial charge in [0.25, 0.3) is 0 Å². The molecule has 0 aromatic heterocycles. The Morgan fingerprint density at radius 2 is 1.89 bits per heavy atom. The second-order valence-corrected chi connectivity index (χ2v) is 4.63. The number of allylic oxidation sites excluding steroid dienone is 2. The van der Waals surface area contributed by atoms with E-state index in [9.17, 15) is 4.79 Å². The molecule has 0 aliphatic carbocycles. The Hall–Kier alpha value is -1.57. The van der Waals surface area contributed by atoms with Gasteiger partial charge in [-0.15, -0.1) is 0 Å². The first-order valence-electron chi connectivity index (χ1n) is 6.68. The van der Waals surface area contributed by atoms with Gasteiger partial charge in [0.05, 0.1) is 5.92 Å². The predicted octanol–water partition coefficient (Wildman–Crippen LogP) is 3.87. The molecule has 18 heavy (non-hydrogen) atoms. The van der Waals surface area contributed by atoms with Crippen LogP contribution < -0.4 is 5.73 Å². The van der Waals surface area contributed by atoms with E-state index in [-0.39, 0.29) is 11.8 Å². The molecule has 0 saturated carbocycles. The van der Waals surface area contributed by atoms with Crippen molar-refractivity contribution in [3.63, 3.8) is 0 Å². The van der Waals surface area contributed by atoms with E-state index in [0.29, 0.717) is 0 Å². The zero-order chi connectivity index (χ0) is 13.5. The summed E-state index contributed by atoms with van der Waals surface area (Å²) in [5.41, 5.74) is 8.93. The molecular weight excluding hydrogens is 222 g/mol. The monoisotopic (exact) mass is 245 g/mol. The highest BCUT2D eigenvalue weighted by Gasteiger charge is 2.11. The SMILES string of the molecule is CC/C=C(\CCC)c1ccc([C@H](C)C(N)=O)cc1. The fourth-order valence-corrected chi connectivity index (χ4v) is 2.03. The Balaban J connectivity index is 2.93. The lowest BCUT2D eigenvalue weighted by molar-refractivity contribution is -0.119. The van der Waals surface area contributed by atoms with Crippen molar-refractivity contribution >= 4 is 11.5 Å². The van der Waals surface area contributed by atoms with Gasteiger partial charge in [0.2, 0.25) is 5.91 Å². The normalized spacial score (nSPS) is 13.4. The van der Waals surface area contributed by atoms with Crippen LogP contribution in [0.2, 0.25) is 0 Å². The van der Waals surface area contributed by atoms with Crippen molar-refractivity contribution in [3.05, 3.63) is 41.5 Å². The molecule has 1 rings (SSSR count). The average Bonchev–Trinajstić information content (AvgIpc) is 2.38. The highest BCUT2D eigenvalue weighted by atomic mass is 16.1. The Morgan fingerprint density at radius 3 is 2.33 bits per heavy atom. The van der Waals surface area contributed by atoms with Crippen LogP contribution in [-0.2, 0) is 4.79 Å². The average molecular weight is 245 g/mol. The number of nitrogens with two attached hydrogens (primary N) is 1. The van der Waals surface area contributed by atoms with Crippen molar-refractivity contribution in [2.24, 2.45) is 5.73 Å². The number of benzene rings is 1. The number of hydrogen-bond acceptors (Lipinski definition) is 1. The van der Waals surface area contributed by atoms with E-state index in [2.05, 4.69) is 32.1 Å². The van der Waals surface area contributed by atoms with Crippen molar-refractivity contribution in [1.82, 2.24) is 0 Å². The summed E-state index contributed by atoms with van der Waals surface area (Å²) >= 11 is 0. The van der Waals surface area contributed by atoms with Crippen LogP contribution in [0.5, 0.6) is 0 Å². The van der Waals surface area contributed by atoms with Gasteiger partial charge < -0.3 is 5.73 Å². The van der Waals surface area contributed by atoms with E-state index in [0.717, 1.165) is 24.8 Å². The van der Waals surface area contributed by atoms with Gasteiger partial charge in [-0.05, 0) is 36.5 Å². The van der Waals surface area contributed by atoms with E-state index in [1.165, 1.54) is 11.1 Å². The molecule has 0 aliphatic rings. The van der Waals surface area contributed by atoms with Crippen molar-refractivity contribution < 1.29 is 4.79 Å². The van der Waals surface area contributed by atoms with E-state index in [4.69, 9.17) is 5.73 Å². The molecule has 1 aromatic rings. The Kier molecular flexibility index (Phi) is 5.63. The zero-order valence-corrected chi connectivity index (χ0v) is 11.6. The maximum absolute atomic E-state index is 11.1. The van der Waals surface area contributed by atoms with Gasteiger partial charge in [0.1, 0.15) is 0 Å². The highest BCUT2D eigenvalue weighted by Crippen LogP contribution is 2.23. The molecule has 98 valence electrons. The van der Waals surface area contributed by atoms with Crippen LogP contribution in [0.15, 0.2) is 30.3 Å². The number of rotatable bonds is 6. The number of amides is 1. The summed E-state index contributed by atoms with van der Waals surface area (Å²) in [6.45, 7) is 6.18. The molecule has 0 heterocycles. The van der Waals surface area contributed by atoms with Crippen LogP contribution in [0, 0.1) is 0 Å². The molecule has 0 fully saturated rings. The molecule has 0 radical (unpaired) electrons. The molecular formula is C16H23NO. The summed E-state index contributed by atoms with van der Waals surface area (Å²) < 4.78 is 0. The number of carbonyl (C=O) groups excluding carboxylic acids is 1. The summed E-state index contributed by atoms with van der Waals surface area (Å²) in [5.74, 6) is -0.496.